The smallest absolute Gasteiger partial charge is 0.415 e. The number of hydrogen-bond donors (Lipinski definition) is 0. The summed E-state index contributed by atoms with van der Waals surface area (Å²) in [6.45, 7) is 0. The van der Waals surface area contributed by atoms with Gasteiger partial charge in [-0.1, -0.05) is 36.4 Å². The van der Waals surface area contributed by atoms with Crippen molar-refractivity contribution in [3.05, 3.63) is 90.8 Å². The first kappa shape index (κ1) is 16.6. The van der Waals surface area contributed by atoms with Crippen LogP contribution in [0.15, 0.2) is 85.2 Å². The Morgan fingerprint density at radius 3 is 1.71 bits per heavy atom. The molecule has 1 heterocycles. The topological polar surface area (TPSA) is 48.4 Å². The Morgan fingerprint density at radius 2 is 1.25 bits per heavy atom. The van der Waals surface area contributed by atoms with Crippen LogP contribution in [0.25, 0.3) is 0 Å². The number of para-hydroxylation sites is 2. The van der Waals surface area contributed by atoms with Gasteiger partial charge in [0.1, 0.15) is 11.5 Å². The van der Waals surface area contributed by atoms with Crippen molar-refractivity contribution in [1.29, 1.82) is 0 Å². The van der Waals surface area contributed by atoms with Crippen LogP contribution in [0, 0.1) is 0 Å². The van der Waals surface area contributed by atoms with E-state index in [0.29, 0.717) is 17.1 Å². The van der Waals surface area contributed by atoms with Crippen LogP contribution in [-0.4, -0.2) is 4.98 Å². The maximum atomic E-state index is 13.5. The standard InChI is InChI=1S/C18H15ClNO3P/c19-18(15-11-13-20-14-12-15)24(21,22-16-7-3-1-4-8-16)23-17-9-5-2-6-10-17/h1-14,18H. The molecule has 4 nitrogen and oxygen atoms in total. The SMILES string of the molecule is O=P(Oc1ccccc1)(Oc1ccccc1)C(Cl)c1ccncc1. The maximum Gasteiger partial charge on any atom is 0.453 e. The van der Waals surface area contributed by atoms with Crippen molar-refractivity contribution in [2.45, 2.75) is 5.12 Å². The predicted molar refractivity (Wildman–Crippen MR) is 94.6 cm³/mol. The molecule has 2 aromatic carbocycles. The first-order valence-electron chi connectivity index (χ1n) is 7.30. The van der Waals surface area contributed by atoms with Crippen molar-refractivity contribution in [1.82, 2.24) is 4.98 Å². The van der Waals surface area contributed by atoms with Gasteiger partial charge in [0.15, 0.2) is 5.12 Å². The van der Waals surface area contributed by atoms with E-state index in [4.69, 9.17) is 20.6 Å². The molecule has 122 valence electrons. The Labute approximate surface area is 145 Å². The van der Waals surface area contributed by atoms with Crippen molar-refractivity contribution >= 4 is 19.2 Å². The Bertz CT molecular complexity index is 770. The zero-order chi connectivity index (χ0) is 16.8. The van der Waals surface area contributed by atoms with Crippen LogP contribution in [0.4, 0.5) is 0 Å². The number of benzene rings is 2. The molecule has 24 heavy (non-hydrogen) atoms. The molecule has 3 rings (SSSR count). The lowest BCUT2D eigenvalue weighted by Gasteiger charge is -2.24. The number of alkyl halides is 1. The molecular weight excluding hydrogens is 345 g/mol. The van der Waals surface area contributed by atoms with E-state index in [2.05, 4.69) is 4.98 Å². The normalized spacial score (nSPS) is 12.4. The summed E-state index contributed by atoms with van der Waals surface area (Å²) < 4.78 is 24.9. The van der Waals surface area contributed by atoms with Gasteiger partial charge in [-0.05, 0) is 42.0 Å². The molecule has 1 atom stereocenters. The van der Waals surface area contributed by atoms with E-state index < -0.39 is 12.7 Å². The molecule has 3 aromatic rings. The highest BCUT2D eigenvalue weighted by molar-refractivity contribution is 7.56. The van der Waals surface area contributed by atoms with Crippen LogP contribution in [-0.2, 0) is 4.57 Å². The quantitative estimate of drug-likeness (QED) is 0.420. The number of rotatable bonds is 6. The van der Waals surface area contributed by atoms with Crippen LogP contribution in [0.3, 0.4) is 0 Å². The molecule has 1 unspecified atom stereocenters. The van der Waals surface area contributed by atoms with Crippen molar-refractivity contribution in [2.24, 2.45) is 0 Å². The summed E-state index contributed by atoms with van der Waals surface area (Å²) in [6.07, 6.45) is 3.17. The molecular formula is C18H15ClNO3P. The fourth-order valence-corrected chi connectivity index (χ4v) is 4.05. The van der Waals surface area contributed by atoms with E-state index in [0.717, 1.165) is 0 Å². The molecule has 0 aliphatic rings. The summed E-state index contributed by atoms with van der Waals surface area (Å²) in [4.78, 5) is 3.95. The van der Waals surface area contributed by atoms with Gasteiger partial charge >= 0.3 is 7.60 Å². The van der Waals surface area contributed by atoms with Crippen LogP contribution in [0.5, 0.6) is 11.5 Å². The molecule has 0 amide bonds. The lowest BCUT2D eigenvalue weighted by molar-refractivity contribution is 0.383. The Kier molecular flexibility index (Phi) is 5.19. The highest BCUT2D eigenvalue weighted by atomic mass is 35.5. The van der Waals surface area contributed by atoms with E-state index in [1.165, 1.54) is 0 Å². The molecule has 0 bridgehead atoms. The van der Waals surface area contributed by atoms with E-state index in [1.54, 1.807) is 73.1 Å². The Hall–Kier alpha value is -2.29. The third-order valence-corrected chi connectivity index (χ3v) is 5.96. The largest absolute Gasteiger partial charge is 0.453 e. The molecule has 1 aromatic heterocycles. The van der Waals surface area contributed by atoms with Crippen LogP contribution >= 0.6 is 19.2 Å². The van der Waals surface area contributed by atoms with Crippen LogP contribution < -0.4 is 9.05 Å². The van der Waals surface area contributed by atoms with Gasteiger partial charge in [-0.15, -0.1) is 11.6 Å². The lowest BCUT2D eigenvalue weighted by atomic mass is 10.3. The first-order valence-corrected chi connectivity index (χ1v) is 9.35. The van der Waals surface area contributed by atoms with Crippen molar-refractivity contribution in [3.8, 4) is 11.5 Å². The molecule has 0 spiro atoms. The van der Waals surface area contributed by atoms with Crippen molar-refractivity contribution in [2.75, 3.05) is 0 Å². The van der Waals surface area contributed by atoms with Gasteiger partial charge in [0.05, 0.1) is 0 Å². The third kappa shape index (κ3) is 3.97. The molecule has 6 heteroatoms. The van der Waals surface area contributed by atoms with E-state index in [9.17, 15) is 4.57 Å². The first-order chi connectivity index (χ1) is 11.7. The van der Waals surface area contributed by atoms with Crippen molar-refractivity contribution < 1.29 is 13.6 Å². The molecule has 0 radical (unpaired) electrons. The van der Waals surface area contributed by atoms with E-state index in [-0.39, 0.29) is 0 Å². The lowest BCUT2D eigenvalue weighted by Crippen LogP contribution is -2.07. The summed E-state index contributed by atoms with van der Waals surface area (Å²) >= 11 is 6.47. The van der Waals surface area contributed by atoms with Gasteiger partial charge in [-0.2, -0.15) is 0 Å². The zero-order valence-corrected chi connectivity index (χ0v) is 14.3. The second kappa shape index (κ2) is 7.52. The summed E-state index contributed by atoms with van der Waals surface area (Å²) in [7, 11) is -3.74. The van der Waals surface area contributed by atoms with E-state index in [1.807, 2.05) is 12.1 Å². The predicted octanol–water partition coefficient (Wildman–Crippen LogP) is 5.67. The average molecular weight is 360 g/mol. The minimum Gasteiger partial charge on any atom is -0.415 e. The second-order valence-corrected chi connectivity index (χ2v) is 7.67. The van der Waals surface area contributed by atoms with Gasteiger partial charge in [0.2, 0.25) is 0 Å². The average Bonchev–Trinajstić information content (AvgIpc) is 2.63. The number of aromatic nitrogens is 1. The zero-order valence-electron chi connectivity index (χ0n) is 12.7. The summed E-state index contributed by atoms with van der Waals surface area (Å²) in [6, 6.07) is 21.0. The second-order valence-electron chi connectivity index (χ2n) is 4.96. The Morgan fingerprint density at radius 1 is 0.792 bits per heavy atom. The highest BCUT2D eigenvalue weighted by Crippen LogP contribution is 2.62. The van der Waals surface area contributed by atoms with Crippen LogP contribution in [0.1, 0.15) is 10.7 Å². The van der Waals surface area contributed by atoms with Gasteiger partial charge in [-0.3, -0.25) is 4.98 Å². The molecule has 0 fully saturated rings. The fraction of sp³-hybridized carbons (Fsp3) is 0.0556. The van der Waals surface area contributed by atoms with Gasteiger partial charge < -0.3 is 9.05 Å². The van der Waals surface area contributed by atoms with Crippen LogP contribution in [0.2, 0.25) is 0 Å². The Balaban J connectivity index is 1.95. The number of halogens is 1. The molecule has 0 saturated heterocycles. The maximum absolute atomic E-state index is 13.5. The molecule has 0 aliphatic heterocycles. The number of nitrogens with zero attached hydrogens (tertiary/aromatic N) is 1. The monoisotopic (exact) mass is 359 g/mol. The molecule has 0 saturated carbocycles. The highest BCUT2D eigenvalue weighted by Gasteiger charge is 2.39. The van der Waals surface area contributed by atoms with Crippen molar-refractivity contribution in [3.63, 3.8) is 0 Å². The number of pyridine rings is 1. The summed E-state index contributed by atoms with van der Waals surface area (Å²) in [5.41, 5.74) is 0.613. The van der Waals surface area contributed by atoms with Gasteiger partial charge in [-0.25, -0.2) is 4.57 Å². The van der Waals surface area contributed by atoms with E-state index >= 15 is 0 Å². The van der Waals surface area contributed by atoms with Gasteiger partial charge in [0, 0.05) is 12.4 Å². The molecule has 0 N–H and O–H groups in total. The van der Waals surface area contributed by atoms with Gasteiger partial charge in [0.25, 0.3) is 0 Å². The minimum atomic E-state index is -3.74. The summed E-state index contributed by atoms with van der Waals surface area (Å²) in [5, 5.41) is -0.971. The molecule has 0 aliphatic carbocycles. The summed E-state index contributed by atoms with van der Waals surface area (Å²) in [5.74, 6) is 0.855. The minimum absolute atomic E-state index is 0.427. The third-order valence-electron chi connectivity index (χ3n) is 3.21. The number of hydrogen-bond acceptors (Lipinski definition) is 4. The fourth-order valence-electron chi connectivity index (χ4n) is 2.07.